The van der Waals surface area contributed by atoms with Crippen molar-refractivity contribution in [1.82, 2.24) is 4.90 Å². The van der Waals surface area contributed by atoms with Gasteiger partial charge < -0.3 is 20.7 Å². The van der Waals surface area contributed by atoms with Crippen LogP contribution in [0.1, 0.15) is 15.9 Å². The molecule has 0 radical (unpaired) electrons. The predicted octanol–water partition coefficient (Wildman–Crippen LogP) is 2.93. The lowest BCUT2D eigenvalue weighted by atomic mass is 10.2. The Morgan fingerprint density at radius 1 is 1.17 bits per heavy atom. The molecule has 0 aliphatic rings. The van der Waals surface area contributed by atoms with Gasteiger partial charge in [0.25, 0.3) is 11.8 Å². The Kier molecular flexibility index (Phi) is 7.28. The summed E-state index contributed by atoms with van der Waals surface area (Å²) in [5.74, 6) is -1.95. The van der Waals surface area contributed by atoms with E-state index in [9.17, 15) is 27.6 Å². The zero-order chi connectivity index (χ0) is 22.5. The van der Waals surface area contributed by atoms with Crippen molar-refractivity contribution in [2.24, 2.45) is 5.73 Å². The Morgan fingerprint density at radius 2 is 1.83 bits per heavy atom. The first-order valence-corrected chi connectivity index (χ1v) is 8.79. The van der Waals surface area contributed by atoms with Crippen LogP contribution in [0.3, 0.4) is 0 Å². The van der Waals surface area contributed by atoms with Crippen molar-refractivity contribution < 1.29 is 32.3 Å². The monoisotopic (exact) mass is 443 g/mol. The second-order valence-corrected chi connectivity index (χ2v) is 6.55. The Balaban J connectivity index is 1.94. The molecule has 2 aromatic carbocycles. The lowest BCUT2D eigenvalue weighted by Crippen LogP contribution is -2.37. The summed E-state index contributed by atoms with van der Waals surface area (Å²) >= 11 is 5.53. The van der Waals surface area contributed by atoms with Crippen LogP contribution in [0.25, 0.3) is 0 Å². The molecule has 7 nitrogen and oxygen atoms in total. The smallest absolute Gasteiger partial charge is 0.417 e. The molecule has 0 atom stereocenters. The maximum Gasteiger partial charge on any atom is 0.417 e. The minimum atomic E-state index is -4.68. The third-order valence-corrected chi connectivity index (χ3v) is 4.20. The molecule has 0 aliphatic heterocycles. The second kappa shape index (κ2) is 9.49. The van der Waals surface area contributed by atoms with E-state index in [0.717, 1.165) is 11.0 Å². The van der Waals surface area contributed by atoms with Gasteiger partial charge in [0, 0.05) is 12.7 Å². The highest BCUT2D eigenvalue weighted by atomic mass is 35.5. The van der Waals surface area contributed by atoms with Gasteiger partial charge in [0.05, 0.1) is 22.7 Å². The minimum Gasteiger partial charge on any atom is -0.483 e. The van der Waals surface area contributed by atoms with Crippen LogP contribution in [0.2, 0.25) is 5.02 Å². The molecular formula is C19H17ClF3N3O4. The van der Waals surface area contributed by atoms with E-state index in [2.05, 4.69) is 5.32 Å². The highest BCUT2D eigenvalue weighted by Crippen LogP contribution is 2.36. The maximum atomic E-state index is 12.9. The van der Waals surface area contributed by atoms with Crippen molar-refractivity contribution in [2.75, 3.05) is 25.5 Å². The van der Waals surface area contributed by atoms with E-state index in [1.165, 1.54) is 25.2 Å². The molecule has 0 bridgehead atoms. The van der Waals surface area contributed by atoms with Crippen molar-refractivity contribution in [3.63, 3.8) is 0 Å². The number of rotatable bonds is 7. The summed E-state index contributed by atoms with van der Waals surface area (Å²) in [6, 6.07) is 8.97. The van der Waals surface area contributed by atoms with Crippen molar-refractivity contribution in [3.05, 3.63) is 58.6 Å². The third-order valence-electron chi connectivity index (χ3n) is 3.87. The first-order valence-electron chi connectivity index (χ1n) is 8.41. The fraction of sp³-hybridized carbons (Fsp3) is 0.211. The number of likely N-dealkylation sites (N-methyl/N-ethyl adjacent to an activating group) is 1. The standard InChI is InChI=1S/C19H17ClF3N3O4/c1-26(17(28)10-30-15-5-3-2-4-12(15)18(24)29)9-16(27)25-11-6-7-14(20)13(8-11)19(21,22)23/h2-8H,9-10H2,1H3,(H2,24,29)(H,25,27). The van der Waals surface area contributed by atoms with Crippen LogP contribution in [0.15, 0.2) is 42.5 Å². The lowest BCUT2D eigenvalue weighted by molar-refractivity contribution is -0.137. The summed E-state index contributed by atoms with van der Waals surface area (Å²) in [6.07, 6.45) is -4.68. The van der Waals surface area contributed by atoms with Crippen LogP contribution in [-0.4, -0.2) is 42.8 Å². The number of alkyl halides is 3. The highest BCUT2D eigenvalue weighted by molar-refractivity contribution is 6.31. The molecule has 0 aliphatic carbocycles. The number of primary amides is 1. The van der Waals surface area contributed by atoms with Crippen molar-refractivity contribution in [3.8, 4) is 5.75 Å². The molecule has 0 saturated heterocycles. The SMILES string of the molecule is CN(CC(=O)Nc1ccc(Cl)c(C(F)(F)F)c1)C(=O)COc1ccccc1C(N)=O. The van der Waals surface area contributed by atoms with E-state index in [0.29, 0.717) is 6.07 Å². The molecule has 2 rings (SSSR count). The number of ether oxygens (including phenoxy) is 1. The number of amides is 3. The number of hydrogen-bond donors (Lipinski definition) is 2. The molecule has 11 heteroatoms. The van der Waals surface area contributed by atoms with E-state index >= 15 is 0 Å². The van der Waals surface area contributed by atoms with Gasteiger partial charge in [0.1, 0.15) is 5.75 Å². The average Bonchev–Trinajstić information content (AvgIpc) is 2.66. The van der Waals surface area contributed by atoms with Gasteiger partial charge in [0.15, 0.2) is 6.61 Å². The number of nitrogens with two attached hydrogens (primary N) is 1. The highest BCUT2D eigenvalue weighted by Gasteiger charge is 2.33. The van der Waals surface area contributed by atoms with Crippen LogP contribution in [0.4, 0.5) is 18.9 Å². The number of para-hydroxylation sites is 1. The van der Waals surface area contributed by atoms with Gasteiger partial charge in [-0.25, -0.2) is 0 Å². The Bertz CT molecular complexity index is 966. The molecule has 3 N–H and O–H groups in total. The summed E-state index contributed by atoms with van der Waals surface area (Å²) in [6.45, 7) is -0.920. The van der Waals surface area contributed by atoms with Crippen LogP contribution in [0.5, 0.6) is 5.75 Å². The third kappa shape index (κ3) is 6.11. The Morgan fingerprint density at radius 3 is 2.47 bits per heavy atom. The Labute approximate surface area is 174 Å². The van der Waals surface area contributed by atoms with Gasteiger partial charge in [-0.15, -0.1) is 0 Å². The van der Waals surface area contributed by atoms with Gasteiger partial charge in [-0.3, -0.25) is 14.4 Å². The van der Waals surface area contributed by atoms with Crippen LogP contribution >= 0.6 is 11.6 Å². The summed E-state index contributed by atoms with van der Waals surface area (Å²) in [5, 5.41) is 1.77. The topological polar surface area (TPSA) is 102 Å². The number of anilines is 1. The summed E-state index contributed by atoms with van der Waals surface area (Å²) in [4.78, 5) is 36.6. The summed E-state index contributed by atoms with van der Waals surface area (Å²) in [7, 11) is 1.31. The van der Waals surface area contributed by atoms with Crippen molar-refractivity contribution in [1.29, 1.82) is 0 Å². The number of hydrogen-bond acceptors (Lipinski definition) is 4. The Hall–Kier alpha value is -3.27. The van der Waals surface area contributed by atoms with Gasteiger partial charge >= 0.3 is 6.18 Å². The molecule has 0 heterocycles. The maximum absolute atomic E-state index is 12.9. The van der Waals surface area contributed by atoms with Gasteiger partial charge in [0.2, 0.25) is 5.91 Å². The van der Waals surface area contributed by atoms with Gasteiger partial charge in [-0.05, 0) is 30.3 Å². The fourth-order valence-electron chi connectivity index (χ4n) is 2.37. The van der Waals surface area contributed by atoms with Crippen molar-refractivity contribution >= 4 is 35.0 Å². The molecule has 160 valence electrons. The van der Waals surface area contributed by atoms with Crippen molar-refractivity contribution in [2.45, 2.75) is 6.18 Å². The van der Waals surface area contributed by atoms with Gasteiger partial charge in [-0.1, -0.05) is 23.7 Å². The van der Waals surface area contributed by atoms with E-state index in [4.69, 9.17) is 22.1 Å². The zero-order valence-corrected chi connectivity index (χ0v) is 16.4. The molecule has 0 unspecified atom stereocenters. The first kappa shape index (κ1) is 23.0. The van der Waals surface area contributed by atoms with E-state index in [1.54, 1.807) is 12.1 Å². The van der Waals surface area contributed by atoms with Gasteiger partial charge in [-0.2, -0.15) is 13.2 Å². The zero-order valence-electron chi connectivity index (χ0n) is 15.6. The molecule has 0 aromatic heterocycles. The van der Waals surface area contributed by atoms with Crippen LogP contribution in [0, 0.1) is 0 Å². The molecular weight excluding hydrogens is 427 g/mol. The molecule has 0 saturated carbocycles. The fourth-order valence-corrected chi connectivity index (χ4v) is 2.59. The van der Waals surface area contributed by atoms with E-state index < -0.39 is 47.6 Å². The number of nitrogens with zero attached hydrogens (tertiary/aromatic N) is 1. The summed E-state index contributed by atoms with van der Waals surface area (Å²) in [5.41, 5.74) is 4.10. The number of benzene rings is 2. The quantitative estimate of drug-likeness (QED) is 0.687. The van der Waals surface area contributed by atoms with E-state index in [1.807, 2.05) is 0 Å². The second-order valence-electron chi connectivity index (χ2n) is 6.14. The van der Waals surface area contributed by atoms with E-state index in [-0.39, 0.29) is 17.0 Å². The average molecular weight is 444 g/mol. The molecule has 2 aromatic rings. The summed E-state index contributed by atoms with van der Waals surface area (Å²) < 4.78 is 44.0. The number of nitrogens with one attached hydrogen (secondary N) is 1. The van der Waals surface area contributed by atoms with Crippen LogP contribution < -0.4 is 15.8 Å². The molecule has 30 heavy (non-hydrogen) atoms. The lowest BCUT2D eigenvalue weighted by Gasteiger charge is -2.18. The normalized spacial score (nSPS) is 11.0. The number of carbonyl (C=O) groups excluding carboxylic acids is 3. The largest absolute Gasteiger partial charge is 0.483 e. The number of halogens is 4. The molecule has 0 spiro atoms. The number of carbonyl (C=O) groups is 3. The minimum absolute atomic E-state index is 0.0916. The predicted molar refractivity (Wildman–Crippen MR) is 103 cm³/mol. The molecule has 0 fully saturated rings. The first-order chi connectivity index (χ1) is 14.0. The van der Waals surface area contributed by atoms with Crippen LogP contribution in [-0.2, 0) is 15.8 Å². The molecule has 3 amide bonds.